The molecule has 0 aliphatic carbocycles. The van der Waals surface area contributed by atoms with Crippen molar-refractivity contribution in [3.05, 3.63) is 53.6 Å². The van der Waals surface area contributed by atoms with Crippen LogP contribution >= 0.6 is 11.6 Å². The molecule has 0 aliphatic heterocycles. The van der Waals surface area contributed by atoms with Crippen molar-refractivity contribution >= 4 is 22.6 Å². The molecule has 2 N–H and O–H groups in total. The first-order chi connectivity index (χ1) is 10.8. The topological polar surface area (TPSA) is 53.1 Å². The van der Waals surface area contributed by atoms with Crippen molar-refractivity contribution in [3.8, 4) is 11.4 Å². The molecule has 0 atom stereocenters. The first-order valence-corrected chi connectivity index (χ1v) is 7.66. The molecule has 4 nitrogen and oxygen atoms in total. The summed E-state index contributed by atoms with van der Waals surface area (Å²) in [4.78, 5) is 4.75. The molecular weight excluding hydrogens is 298 g/mol. The van der Waals surface area contributed by atoms with Crippen LogP contribution in [0.3, 0.4) is 0 Å². The van der Waals surface area contributed by atoms with Crippen LogP contribution in [-0.4, -0.2) is 29.3 Å². The van der Waals surface area contributed by atoms with Crippen molar-refractivity contribution < 1.29 is 4.74 Å². The van der Waals surface area contributed by atoms with E-state index < -0.39 is 0 Å². The Kier molecular flexibility index (Phi) is 4.73. The van der Waals surface area contributed by atoms with E-state index in [0.29, 0.717) is 24.8 Å². The average molecular weight is 316 g/mol. The van der Waals surface area contributed by atoms with Crippen molar-refractivity contribution in [2.75, 3.05) is 19.8 Å². The molecule has 5 heteroatoms. The molecule has 0 saturated carbocycles. The fourth-order valence-corrected chi connectivity index (χ4v) is 2.68. The molecule has 2 aromatic carbocycles. The fourth-order valence-electron chi connectivity index (χ4n) is 2.49. The number of fused-ring (bicyclic) bond motifs is 1. The normalized spacial score (nSPS) is 11.2. The quantitative estimate of drug-likeness (QED) is 0.710. The molecular formula is C17H18ClN3O. The standard InChI is InChI=1S/C17H18ClN3O/c18-14-5-3-4-13(12-14)17-20-15-6-1-2-7-16(15)21(17)9-11-22-10-8-19/h1-7,12H,8-11,19H2. The third-order valence-electron chi connectivity index (χ3n) is 3.46. The van der Waals surface area contributed by atoms with Gasteiger partial charge >= 0.3 is 0 Å². The Morgan fingerprint density at radius 3 is 2.77 bits per heavy atom. The number of ether oxygens (including phenoxy) is 1. The minimum atomic E-state index is 0.534. The molecule has 0 fully saturated rings. The number of aromatic nitrogens is 2. The molecule has 0 bridgehead atoms. The summed E-state index contributed by atoms with van der Waals surface area (Å²) in [5, 5.41) is 0.704. The highest BCUT2D eigenvalue weighted by molar-refractivity contribution is 6.30. The lowest BCUT2D eigenvalue weighted by Crippen LogP contribution is -2.13. The van der Waals surface area contributed by atoms with Crippen LogP contribution in [0.1, 0.15) is 0 Å². The van der Waals surface area contributed by atoms with Gasteiger partial charge in [-0.15, -0.1) is 0 Å². The Balaban J connectivity index is 2.00. The maximum Gasteiger partial charge on any atom is 0.141 e. The molecule has 0 unspecified atom stereocenters. The van der Waals surface area contributed by atoms with Crippen LogP contribution in [0.15, 0.2) is 48.5 Å². The van der Waals surface area contributed by atoms with E-state index in [1.807, 2.05) is 42.5 Å². The highest BCUT2D eigenvalue weighted by Crippen LogP contribution is 2.26. The fraction of sp³-hybridized carbons (Fsp3) is 0.235. The number of hydrogen-bond acceptors (Lipinski definition) is 3. The highest BCUT2D eigenvalue weighted by Gasteiger charge is 2.12. The third-order valence-corrected chi connectivity index (χ3v) is 3.69. The maximum absolute atomic E-state index is 6.12. The minimum absolute atomic E-state index is 0.534. The van der Waals surface area contributed by atoms with Crippen molar-refractivity contribution in [1.82, 2.24) is 9.55 Å². The van der Waals surface area contributed by atoms with Gasteiger partial charge in [0.25, 0.3) is 0 Å². The first kappa shape index (κ1) is 15.0. The molecule has 0 aliphatic rings. The molecule has 114 valence electrons. The van der Waals surface area contributed by atoms with Gasteiger partial charge in [0.15, 0.2) is 0 Å². The molecule has 0 radical (unpaired) electrons. The first-order valence-electron chi connectivity index (χ1n) is 7.28. The van der Waals surface area contributed by atoms with Gasteiger partial charge in [-0.1, -0.05) is 35.9 Å². The second kappa shape index (κ2) is 6.92. The Bertz CT molecular complexity index is 769. The average Bonchev–Trinajstić information content (AvgIpc) is 2.90. The van der Waals surface area contributed by atoms with Gasteiger partial charge in [-0.25, -0.2) is 4.98 Å². The lowest BCUT2D eigenvalue weighted by molar-refractivity contribution is 0.134. The van der Waals surface area contributed by atoms with Crippen molar-refractivity contribution in [2.45, 2.75) is 6.54 Å². The number of benzene rings is 2. The van der Waals surface area contributed by atoms with Crippen molar-refractivity contribution in [3.63, 3.8) is 0 Å². The van der Waals surface area contributed by atoms with E-state index in [9.17, 15) is 0 Å². The smallest absolute Gasteiger partial charge is 0.141 e. The predicted molar refractivity (Wildman–Crippen MR) is 90.1 cm³/mol. The van der Waals surface area contributed by atoms with Crippen molar-refractivity contribution in [1.29, 1.82) is 0 Å². The largest absolute Gasteiger partial charge is 0.378 e. The van der Waals surface area contributed by atoms with Gasteiger partial charge in [0.2, 0.25) is 0 Å². The second-order valence-corrected chi connectivity index (χ2v) is 5.42. The van der Waals surface area contributed by atoms with E-state index in [0.717, 1.165) is 29.0 Å². The Morgan fingerprint density at radius 2 is 1.95 bits per heavy atom. The summed E-state index contributed by atoms with van der Waals surface area (Å²) in [7, 11) is 0. The van der Waals surface area contributed by atoms with E-state index in [1.165, 1.54) is 0 Å². The second-order valence-electron chi connectivity index (χ2n) is 4.99. The Labute approximate surface area is 134 Å². The number of nitrogens with two attached hydrogens (primary N) is 1. The molecule has 1 aromatic heterocycles. The zero-order valence-electron chi connectivity index (χ0n) is 12.2. The minimum Gasteiger partial charge on any atom is -0.378 e. The SMILES string of the molecule is NCCOCCn1c(-c2cccc(Cl)c2)nc2ccccc21. The van der Waals surface area contributed by atoms with Crippen LogP contribution in [0.25, 0.3) is 22.4 Å². The molecule has 22 heavy (non-hydrogen) atoms. The predicted octanol–water partition coefficient (Wildman–Crippen LogP) is 3.33. The summed E-state index contributed by atoms with van der Waals surface area (Å²) in [5.41, 5.74) is 8.52. The number of hydrogen-bond donors (Lipinski definition) is 1. The van der Waals surface area contributed by atoms with Crippen LogP contribution in [0.4, 0.5) is 0 Å². The molecule has 1 heterocycles. The molecule has 0 amide bonds. The lowest BCUT2D eigenvalue weighted by Gasteiger charge is -2.10. The summed E-state index contributed by atoms with van der Waals surface area (Å²) in [6, 6.07) is 15.8. The van der Waals surface area contributed by atoms with E-state index in [-0.39, 0.29) is 0 Å². The summed E-state index contributed by atoms with van der Waals surface area (Å²) >= 11 is 6.12. The number of imidazole rings is 1. The van der Waals surface area contributed by atoms with Gasteiger partial charge in [0.1, 0.15) is 5.82 Å². The lowest BCUT2D eigenvalue weighted by atomic mass is 10.2. The van der Waals surface area contributed by atoms with E-state index in [1.54, 1.807) is 0 Å². The highest BCUT2D eigenvalue weighted by atomic mass is 35.5. The van der Waals surface area contributed by atoms with Gasteiger partial charge in [-0.3, -0.25) is 0 Å². The zero-order chi connectivity index (χ0) is 15.4. The molecule has 3 aromatic rings. The van der Waals surface area contributed by atoms with Gasteiger partial charge in [0, 0.05) is 23.7 Å². The monoisotopic (exact) mass is 315 g/mol. The molecule has 0 saturated heterocycles. The number of rotatable bonds is 6. The zero-order valence-corrected chi connectivity index (χ0v) is 13.0. The van der Waals surface area contributed by atoms with Gasteiger partial charge in [-0.2, -0.15) is 0 Å². The van der Waals surface area contributed by atoms with Crippen molar-refractivity contribution in [2.24, 2.45) is 5.73 Å². The summed E-state index contributed by atoms with van der Waals surface area (Å²) in [5.74, 6) is 0.903. The number of nitrogens with zero attached hydrogens (tertiary/aromatic N) is 2. The van der Waals surface area contributed by atoms with E-state index >= 15 is 0 Å². The van der Waals surface area contributed by atoms with Crippen LogP contribution in [-0.2, 0) is 11.3 Å². The molecule has 0 spiro atoms. The van der Waals surface area contributed by atoms with E-state index in [4.69, 9.17) is 27.1 Å². The summed E-state index contributed by atoms with van der Waals surface area (Å²) in [6.45, 7) is 2.43. The summed E-state index contributed by atoms with van der Waals surface area (Å²) in [6.07, 6.45) is 0. The summed E-state index contributed by atoms with van der Waals surface area (Å²) < 4.78 is 7.68. The Morgan fingerprint density at radius 1 is 1.09 bits per heavy atom. The number of para-hydroxylation sites is 2. The number of halogens is 1. The maximum atomic E-state index is 6.12. The third kappa shape index (κ3) is 3.14. The van der Waals surface area contributed by atoms with Crippen LogP contribution in [0.5, 0.6) is 0 Å². The van der Waals surface area contributed by atoms with Crippen LogP contribution in [0, 0.1) is 0 Å². The Hall–Kier alpha value is -1.88. The van der Waals surface area contributed by atoms with Gasteiger partial charge in [-0.05, 0) is 24.3 Å². The van der Waals surface area contributed by atoms with Crippen LogP contribution < -0.4 is 5.73 Å². The van der Waals surface area contributed by atoms with Gasteiger partial charge < -0.3 is 15.0 Å². The molecule has 3 rings (SSSR count). The van der Waals surface area contributed by atoms with Crippen LogP contribution in [0.2, 0.25) is 5.02 Å². The van der Waals surface area contributed by atoms with E-state index in [2.05, 4.69) is 10.6 Å². The van der Waals surface area contributed by atoms with Gasteiger partial charge in [0.05, 0.1) is 24.2 Å².